The molecule has 0 saturated heterocycles. The van der Waals surface area contributed by atoms with Crippen LogP contribution >= 0.6 is 0 Å². The third-order valence-corrected chi connectivity index (χ3v) is 2.50. The lowest BCUT2D eigenvalue weighted by Crippen LogP contribution is -2.33. The first-order valence-electron chi connectivity index (χ1n) is 4.43. The lowest BCUT2D eigenvalue weighted by molar-refractivity contribution is -0.127. The summed E-state index contributed by atoms with van der Waals surface area (Å²) in [5.74, 6) is -0.744. The molecule has 5 nitrogen and oxygen atoms in total. The zero-order chi connectivity index (χ0) is 11.2. The van der Waals surface area contributed by atoms with Crippen molar-refractivity contribution in [1.82, 2.24) is 10.2 Å². The van der Waals surface area contributed by atoms with E-state index in [1.165, 1.54) is 4.90 Å². The Hall–Kier alpha value is -0.620. The molecule has 0 aliphatic rings. The van der Waals surface area contributed by atoms with Crippen molar-refractivity contribution in [2.24, 2.45) is 0 Å². The molecule has 0 fully saturated rings. The number of carbonyl (C=O) groups excluding carboxylic acids is 1. The number of sulfone groups is 1. The normalized spacial score (nSPS) is 11.4. The predicted molar refractivity (Wildman–Crippen MR) is 55.9 cm³/mol. The van der Waals surface area contributed by atoms with Crippen LogP contribution in [0.2, 0.25) is 0 Å². The van der Waals surface area contributed by atoms with Gasteiger partial charge in [-0.25, -0.2) is 8.42 Å². The fraction of sp³-hybridized carbons (Fsp3) is 0.875. The molecule has 0 aliphatic heterocycles. The molecule has 1 N–H and O–H groups in total. The SMILES string of the molecule is CNCCCN(C)C(=O)CS(C)(=O)=O. The highest BCUT2D eigenvalue weighted by molar-refractivity contribution is 7.91. The highest BCUT2D eigenvalue weighted by Gasteiger charge is 2.14. The summed E-state index contributed by atoms with van der Waals surface area (Å²) in [7, 11) is 0.240. The summed E-state index contributed by atoms with van der Waals surface area (Å²) in [6.07, 6.45) is 1.88. The van der Waals surface area contributed by atoms with Crippen LogP contribution in [0.1, 0.15) is 6.42 Å². The van der Waals surface area contributed by atoms with Crippen molar-refractivity contribution in [3.8, 4) is 0 Å². The number of amides is 1. The van der Waals surface area contributed by atoms with E-state index < -0.39 is 15.6 Å². The van der Waals surface area contributed by atoms with E-state index in [-0.39, 0.29) is 5.91 Å². The maximum absolute atomic E-state index is 11.3. The van der Waals surface area contributed by atoms with Crippen molar-refractivity contribution in [3.05, 3.63) is 0 Å². The second kappa shape index (κ2) is 5.98. The Morgan fingerprint density at radius 3 is 2.43 bits per heavy atom. The van der Waals surface area contributed by atoms with E-state index in [1.807, 2.05) is 7.05 Å². The quantitative estimate of drug-likeness (QED) is 0.591. The van der Waals surface area contributed by atoms with Gasteiger partial charge in [-0.1, -0.05) is 0 Å². The standard InChI is InChI=1S/C8H18N2O3S/c1-9-5-4-6-10(2)8(11)7-14(3,12)13/h9H,4-7H2,1-3H3. The number of hydrogen-bond acceptors (Lipinski definition) is 4. The van der Waals surface area contributed by atoms with Gasteiger partial charge < -0.3 is 10.2 Å². The number of nitrogens with zero attached hydrogens (tertiary/aromatic N) is 1. The topological polar surface area (TPSA) is 66.5 Å². The molecule has 0 aromatic heterocycles. The van der Waals surface area contributed by atoms with Crippen LogP contribution in [0.5, 0.6) is 0 Å². The van der Waals surface area contributed by atoms with Crippen LogP contribution in [0.3, 0.4) is 0 Å². The van der Waals surface area contributed by atoms with Crippen molar-refractivity contribution in [2.75, 3.05) is 39.2 Å². The van der Waals surface area contributed by atoms with Gasteiger partial charge in [0.15, 0.2) is 9.84 Å². The first-order valence-corrected chi connectivity index (χ1v) is 6.49. The van der Waals surface area contributed by atoms with Crippen LogP contribution in [-0.2, 0) is 14.6 Å². The maximum atomic E-state index is 11.3. The Morgan fingerprint density at radius 2 is 2.00 bits per heavy atom. The summed E-state index contributed by atoms with van der Waals surface area (Å²) in [6.45, 7) is 1.39. The number of carbonyl (C=O) groups is 1. The van der Waals surface area contributed by atoms with Gasteiger partial charge >= 0.3 is 0 Å². The molecule has 0 radical (unpaired) electrons. The van der Waals surface area contributed by atoms with E-state index in [4.69, 9.17) is 0 Å². The third kappa shape index (κ3) is 6.85. The molecule has 0 aromatic rings. The number of nitrogens with one attached hydrogen (secondary N) is 1. The molecule has 0 saturated carbocycles. The molecule has 14 heavy (non-hydrogen) atoms. The van der Waals surface area contributed by atoms with Gasteiger partial charge in [0, 0.05) is 19.8 Å². The average Bonchev–Trinajstić information content (AvgIpc) is 2.01. The molecule has 6 heteroatoms. The Labute approximate surface area is 85.4 Å². The van der Waals surface area contributed by atoms with Crippen molar-refractivity contribution in [1.29, 1.82) is 0 Å². The first-order chi connectivity index (χ1) is 6.37. The minimum atomic E-state index is -3.21. The van der Waals surface area contributed by atoms with Crippen molar-refractivity contribution in [2.45, 2.75) is 6.42 Å². The number of hydrogen-bond donors (Lipinski definition) is 1. The van der Waals surface area contributed by atoms with Crippen LogP contribution in [0.25, 0.3) is 0 Å². The summed E-state index contributed by atoms with van der Waals surface area (Å²) in [5, 5.41) is 2.95. The summed E-state index contributed by atoms with van der Waals surface area (Å²) >= 11 is 0. The van der Waals surface area contributed by atoms with E-state index in [0.29, 0.717) is 6.54 Å². The van der Waals surface area contributed by atoms with E-state index in [2.05, 4.69) is 5.32 Å². The van der Waals surface area contributed by atoms with Crippen LogP contribution in [0, 0.1) is 0 Å². The van der Waals surface area contributed by atoms with Crippen molar-refractivity contribution >= 4 is 15.7 Å². The minimum Gasteiger partial charge on any atom is -0.345 e. The predicted octanol–water partition coefficient (Wildman–Crippen LogP) is -0.901. The van der Waals surface area contributed by atoms with E-state index >= 15 is 0 Å². The molecule has 0 unspecified atom stereocenters. The summed E-state index contributed by atoms with van der Waals surface area (Å²) in [4.78, 5) is 12.7. The smallest absolute Gasteiger partial charge is 0.237 e. The van der Waals surface area contributed by atoms with E-state index in [0.717, 1.165) is 19.2 Å². The van der Waals surface area contributed by atoms with Gasteiger partial charge in [-0.2, -0.15) is 0 Å². The molecule has 0 atom stereocenters. The monoisotopic (exact) mass is 222 g/mol. The second-order valence-electron chi connectivity index (χ2n) is 3.34. The van der Waals surface area contributed by atoms with Crippen molar-refractivity contribution in [3.63, 3.8) is 0 Å². The van der Waals surface area contributed by atoms with Gasteiger partial charge in [-0.05, 0) is 20.0 Å². The minimum absolute atomic E-state index is 0.344. The fourth-order valence-electron chi connectivity index (χ4n) is 0.952. The fourth-order valence-corrected chi connectivity index (χ4v) is 1.62. The van der Waals surface area contributed by atoms with Crippen LogP contribution < -0.4 is 5.32 Å². The molecule has 0 spiro atoms. The zero-order valence-corrected chi connectivity index (χ0v) is 9.73. The molecular formula is C8H18N2O3S. The summed E-state index contributed by atoms with van der Waals surface area (Å²) in [6, 6.07) is 0. The lowest BCUT2D eigenvalue weighted by Gasteiger charge is -2.16. The molecule has 0 bridgehead atoms. The van der Waals surface area contributed by atoms with Crippen LogP contribution in [0.15, 0.2) is 0 Å². The van der Waals surface area contributed by atoms with Gasteiger partial charge in [0.1, 0.15) is 5.75 Å². The van der Waals surface area contributed by atoms with Gasteiger partial charge in [-0.15, -0.1) is 0 Å². The third-order valence-electron chi connectivity index (χ3n) is 1.73. The Balaban J connectivity index is 3.88. The molecule has 0 aliphatic carbocycles. The van der Waals surface area contributed by atoms with Gasteiger partial charge in [-0.3, -0.25) is 4.79 Å². The molecular weight excluding hydrogens is 204 g/mol. The van der Waals surface area contributed by atoms with Gasteiger partial charge in [0.2, 0.25) is 5.91 Å². The Morgan fingerprint density at radius 1 is 1.43 bits per heavy atom. The maximum Gasteiger partial charge on any atom is 0.237 e. The first kappa shape index (κ1) is 13.4. The van der Waals surface area contributed by atoms with E-state index in [1.54, 1.807) is 7.05 Å². The average molecular weight is 222 g/mol. The summed E-state index contributed by atoms with van der Waals surface area (Å²) in [5.41, 5.74) is 0. The van der Waals surface area contributed by atoms with Gasteiger partial charge in [0.05, 0.1) is 0 Å². The lowest BCUT2D eigenvalue weighted by atomic mass is 10.4. The Bertz CT molecular complexity index is 274. The molecule has 0 aromatic carbocycles. The number of rotatable bonds is 6. The highest BCUT2D eigenvalue weighted by Crippen LogP contribution is 1.92. The Kier molecular flexibility index (Phi) is 5.71. The van der Waals surface area contributed by atoms with E-state index in [9.17, 15) is 13.2 Å². The summed E-state index contributed by atoms with van der Waals surface area (Å²) < 4.78 is 21.6. The van der Waals surface area contributed by atoms with Gasteiger partial charge in [0.25, 0.3) is 0 Å². The molecule has 0 heterocycles. The van der Waals surface area contributed by atoms with Crippen molar-refractivity contribution < 1.29 is 13.2 Å². The van der Waals surface area contributed by atoms with Crippen LogP contribution in [-0.4, -0.2) is 58.4 Å². The second-order valence-corrected chi connectivity index (χ2v) is 5.48. The highest BCUT2D eigenvalue weighted by atomic mass is 32.2. The van der Waals surface area contributed by atoms with Crippen LogP contribution in [0.4, 0.5) is 0 Å². The molecule has 84 valence electrons. The molecule has 1 amide bonds. The zero-order valence-electron chi connectivity index (χ0n) is 8.91. The molecule has 0 rings (SSSR count). The largest absolute Gasteiger partial charge is 0.345 e.